The summed E-state index contributed by atoms with van der Waals surface area (Å²) in [6.45, 7) is 2.01. The van der Waals surface area contributed by atoms with Crippen LogP contribution in [0.25, 0.3) is 0 Å². The summed E-state index contributed by atoms with van der Waals surface area (Å²) in [7, 11) is 0. The first-order valence-corrected chi connectivity index (χ1v) is 7.43. The molecule has 1 amide bonds. The summed E-state index contributed by atoms with van der Waals surface area (Å²) in [4.78, 5) is 11.8. The topological polar surface area (TPSA) is 49.3 Å². The molecule has 2 N–H and O–H groups in total. The van der Waals surface area contributed by atoms with Crippen LogP contribution in [-0.2, 0) is 11.2 Å². The van der Waals surface area contributed by atoms with E-state index in [4.69, 9.17) is 5.11 Å². The molecule has 0 aliphatic carbocycles. The maximum Gasteiger partial charge on any atom is 0.220 e. The highest BCUT2D eigenvalue weighted by molar-refractivity contribution is 7.99. The molecule has 0 saturated heterocycles. The van der Waals surface area contributed by atoms with Gasteiger partial charge in [0.1, 0.15) is 0 Å². The van der Waals surface area contributed by atoms with Crippen LogP contribution in [-0.4, -0.2) is 35.2 Å². The minimum atomic E-state index is -0.00623. The second-order valence-corrected chi connectivity index (χ2v) is 5.38. The maximum absolute atomic E-state index is 11.8. The molecule has 0 aromatic heterocycles. The Morgan fingerprint density at radius 1 is 1.39 bits per heavy atom. The van der Waals surface area contributed by atoms with E-state index >= 15 is 0 Å². The van der Waals surface area contributed by atoms with Gasteiger partial charge in [0.05, 0.1) is 6.61 Å². The number of rotatable bonds is 7. The lowest BCUT2D eigenvalue weighted by atomic mass is 10.1. The molecule has 0 unspecified atom stereocenters. The fraction of sp³-hybridized carbons (Fsp3) is 0.500. The summed E-state index contributed by atoms with van der Waals surface area (Å²) in [5.74, 6) is 0.0406. The Kier molecular flexibility index (Phi) is 6.83. The number of amides is 1. The van der Waals surface area contributed by atoms with Crippen LogP contribution in [0.15, 0.2) is 30.3 Å². The predicted octanol–water partition coefficient (Wildman–Crippen LogP) is 1.85. The summed E-state index contributed by atoms with van der Waals surface area (Å²) < 4.78 is 0. The van der Waals surface area contributed by atoms with Crippen molar-refractivity contribution in [3.63, 3.8) is 0 Å². The van der Waals surface area contributed by atoms with Crippen LogP contribution in [0, 0.1) is 0 Å². The number of hydrogen-bond donors (Lipinski definition) is 2. The first kappa shape index (κ1) is 15.1. The van der Waals surface area contributed by atoms with E-state index in [1.54, 1.807) is 11.8 Å². The summed E-state index contributed by atoms with van der Waals surface area (Å²) in [6, 6.07) is 9.96. The van der Waals surface area contributed by atoms with Crippen molar-refractivity contribution in [2.24, 2.45) is 0 Å². The van der Waals surface area contributed by atoms with Crippen molar-refractivity contribution < 1.29 is 9.90 Å². The lowest BCUT2D eigenvalue weighted by molar-refractivity contribution is -0.121. The van der Waals surface area contributed by atoms with Gasteiger partial charge in [-0.15, -0.1) is 0 Å². The molecule has 3 nitrogen and oxygen atoms in total. The molecule has 0 bridgehead atoms. The average Bonchev–Trinajstić information content (AvgIpc) is 2.39. The van der Waals surface area contributed by atoms with E-state index < -0.39 is 0 Å². The Morgan fingerprint density at radius 2 is 2.06 bits per heavy atom. The van der Waals surface area contributed by atoms with Crippen molar-refractivity contribution in [3.8, 4) is 0 Å². The number of aliphatic hydroxyl groups is 1. The van der Waals surface area contributed by atoms with Crippen molar-refractivity contribution in [2.45, 2.75) is 31.1 Å². The Morgan fingerprint density at radius 3 is 2.61 bits per heavy atom. The van der Waals surface area contributed by atoms with E-state index in [9.17, 15) is 4.79 Å². The van der Waals surface area contributed by atoms with Gasteiger partial charge in [-0.05, 0) is 25.2 Å². The Hall–Kier alpha value is -1.00. The normalized spacial score (nSPS) is 13.9. The van der Waals surface area contributed by atoms with Gasteiger partial charge in [0, 0.05) is 17.7 Å². The molecule has 4 heteroatoms. The lowest BCUT2D eigenvalue weighted by Crippen LogP contribution is -2.41. The highest BCUT2D eigenvalue weighted by atomic mass is 32.2. The Balaban J connectivity index is 2.33. The first-order chi connectivity index (χ1) is 8.67. The number of thioether (sulfide) groups is 1. The SMILES string of the molecule is CS[C@H](CO)[C@H](C)NC(=O)CCc1ccccc1. The van der Waals surface area contributed by atoms with Gasteiger partial charge in [-0.1, -0.05) is 30.3 Å². The summed E-state index contributed by atoms with van der Waals surface area (Å²) in [5, 5.41) is 12.1. The molecule has 0 aliphatic heterocycles. The van der Waals surface area contributed by atoms with Gasteiger partial charge in [-0.3, -0.25) is 4.79 Å². The third-order valence-corrected chi connectivity index (χ3v) is 4.08. The van der Waals surface area contributed by atoms with Gasteiger partial charge in [-0.25, -0.2) is 0 Å². The second-order valence-electron chi connectivity index (χ2n) is 4.30. The third kappa shape index (κ3) is 5.10. The zero-order valence-electron chi connectivity index (χ0n) is 10.9. The number of carbonyl (C=O) groups is 1. The van der Waals surface area contributed by atoms with Gasteiger partial charge in [-0.2, -0.15) is 11.8 Å². The monoisotopic (exact) mass is 267 g/mol. The van der Waals surface area contributed by atoms with Crippen molar-refractivity contribution in [1.29, 1.82) is 0 Å². The van der Waals surface area contributed by atoms with Gasteiger partial charge in [0.25, 0.3) is 0 Å². The van der Waals surface area contributed by atoms with E-state index in [1.807, 2.05) is 43.5 Å². The number of aryl methyl sites for hydroxylation is 1. The lowest BCUT2D eigenvalue weighted by Gasteiger charge is -2.21. The van der Waals surface area contributed by atoms with E-state index in [2.05, 4.69) is 5.32 Å². The first-order valence-electron chi connectivity index (χ1n) is 6.14. The van der Waals surface area contributed by atoms with Crippen LogP contribution in [0.4, 0.5) is 0 Å². The Labute approximate surface area is 113 Å². The predicted molar refractivity (Wildman–Crippen MR) is 76.8 cm³/mol. The minimum Gasteiger partial charge on any atom is -0.395 e. The zero-order chi connectivity index (χ0) is 13.4. The van der Waals surface area contributed by atoms with Crippen molar-refractivity contribution in [3.05, 3.63) is 35.9 Å². The molecule has 0 saturated carbocycles. The molecule has 100 valence electrons. The number of nitrogens with one attached hydrogen (secondary N) is 1. The summed E-state index contributed by atoms with van der Waals surface area (Å²) in [6.07, 6.45) is 3.18. The quantitative estimate of drug-likeness (QED) is 0.792. The summed E-state index contributed by atoms with van der Waals surface area (Å²) >= 11 is 1.57. The number of benzene rings is 1. The second kappa shape index (κ2) is 8.16. The van der Waals surface area contributed by atoms with Crippen LogP contribution >= 0.6 is 11.8 Å². The molecule has 18 heavy (non-hydrogen) atoms. The van der Waals surface area contributed by atoms with Crippen LogP contribution in [0.3, 0.4) is 0 Å². The maximum atomic E-state index is 11.8. The average molecular weight is 267 g/mol. The minimum absolute atomic E-state index is 0.00623. The largest absolute Gasteiger partial charge is 0.395 e. The van der Waals surface area contributed by atoms with Crippen LogP contribution < -0.4 is 5.32 Å². The Bertz CT molecular complexity index is 352. The van der Waals surface area contributed by atoms with Crippen molar-refractivity contribution in [2.75, 3.05) is 12.9 Å². The molecule has 0 fully saturated rings. The number of carbonyl (C=O) groups excluding carboxylic acids is 1. The standard InChI is InChI=1S/C14H21NO2S/c1-11(13(10-16)18-2)15-14(17)9-8-12-6-4-3-5-7-12/h3-7,11,13,16H,8-10H2,1-2H3,(H,15,17)/t11-,13+/m0/s1. The zero-order valence-corrected chi connectivity index (χ0v) is 11.7. The van der Waals surface area contributed by atoms with Crippen LogP contribution in [0.2, 0.25) is 0 Å². The number of hydrogen-bond acceptors (Lipinski definition) is 3. The third-order valence-electron chi connectivity index (χ3n) is 2.91. The molecule has 0 spiro atoms. The molecule has 0 radical (unpaired) electrons. The molecular weight excluding hydrogens is 246 g/mol. The number of aliphatic hydroxyl groups excluding tert-OH is 1. The molecular formula is C14H21NO2S. The highest BCUT2D eigenvalue weighted by Crippen LogP contribution is 2.10. The van der Waals surface area contributed by atoms with Crippen LogP contribution in [0.1, 0.15) is 18.9 Å². The van der Waals surface area contributed by atoms with Gasteiger partial charge >= 0.3 is 0 Å². The molecule has 2 atom stereocenters. The molecule has 1 aromatic rings. The van der Waals surface area contributed by atoms with Gasteiger partial charge in [0.15, 0.2) is 0 Å². The van der Waals surface area contributed by atoms with Gasteiger partial charge < -0.3 is 10.4 Å². The van der Waals surface area contributed by atoms with Crippen molar-refractivity contribution >= 4 is 17.7 Å². The molecule has 1 aromatic carbocycles. The molecule has 0 aliphatic rings. The van der Waals surface area contributed by atoms with Gasteiger partial charge in [0.2, 0.25) is 5.91 Å². The van der Waals surface area contributed by atoms with Crippen LogP contribution in [0.5, 0.6) is 0 Å². The highest BCUT2D eigenvalue weighted by Gasteiger charge is 2.16. The fourth-order valence-electron chi connectivity index (χ4n) is 1.76. The van der Waals surface area contributed by atoms with E-state index in [0.717, 1.165) is 6.42 Å². The smallest absolute Gasteiger partial charge is 0.220 e. The molecule has 0 heterocycles. The molecule has 1 rings (SSSR count). The van der Waals surface area contributed by atoms with E-state index in [-0.39, 0.29) is 23.8 Å². The summed E-state index contributed by atoms with van der Waals surface area (Å²) in [5.41, 5.74) is 1.17. The van der Waals surface area contributed by atoms with Crippen molar-refractivity contribution in [1.82, 2.24) is 5.32 Å². The van der Waals surface area contributed by atoms with E-state index in [0.29, 0.717) is 6.42 Å². The van der Waals surface area contributed by atoms with E-state index in [1.165, 1.54) is 5.56 Å². The fourth-order valence-corrected chi connectivity index (χ4v) is 2.38.